The molecule has 0 fully saturated rings. The lowest BCUT2D eigenvalue weighted by molar-refractivity contribution is 0.0696. The van der Waals surface area contributed by atoms with E-state index in [1.54, 1.807) is 38.1 Å². The zero-order valence-electron chi connectivity index (χ0n) is 16.7. The second-order valence-electron chi connectivity index (χ2n) is 5.71. The minimum absolute atomic E-state index is 0.167. The van der Waals surface area contributed by atoms with E-state index in [1.165, 1.54) is 0 Å². The Labute approximate surface area is 158 Å². The first-order valence-electron chi connectivity index (χ1n) is 9.20. The molecule has 26 heavy (non-hydrogen) atoms. The Balaban J connectivity index is 0.00000141. The first-order valence-corrected chi connectivity index (χ1v) is 11.1. The van der Waals surface area contributed by atoms with E-state index >= 15 is 0 Å². The van der Waals surface area contributed by atoms with Gasteiger partial charge < -0.3 is 23.1 Å². The van der Waals surface area contributed by atoms with Crippen LogP contribution < -0.4 is 4.74 Å². The van der Waals surface area contributed by atoms with Gasteiger partial charge >= 0.3 is 8.80 Å². The molecule has 1 aromatic rings. The third kappa shape index (κ3) is 11.4. The molecule has 0 aliphatic heterocycles. The maximum absolute atomic E-state index is 10.6. The predicted octanol–water partition coefficient (Wildman–Crippen LogP) is 3.70. The van der Waals surface area contributed by atoms with Crippen LogP contribution in [0.1, 0.15) is 51.4 Å². The van der Waals surface area contributed by atoms with Gasteiger partial charge in [0.1, 0.15) is 12.0 Å². The molecule has 1 aromatic carbocycles. The molecule has 1 N–H and O–H groups in total. The Bertz CT molecular complexity index is 444. The fourth-order valence-corrected chi connectivity index (χ4v) is 4.70. The van der Waals surface area contributed by atoms with E-state index in [1.807, 2.05) is 20.8 Å². The smallest absolute Gasteiger partial charge is 0.494 e. The lowest BCUT2D eigenvalue weighted by Gasteiger charge is -2.28. The number of aldehydes is 1. The van der Waals surface area contributed by atoms with Crippen LogP contribution in [0.2, 0.25) is 6.04 Å². The molecule has 0 amide bonds. The summed E-state index contributed by atoms with van der Waals surface area (Å²) in [6, 6.07) is 7.79. The maximum atomic E-state index is 10.6. The molecule has 6 nitrogen and oxygen atoms in total. The minimum atomic E-state index is -2.57. The van der Waals surface area contributed by atoms with E-state index in [9.17, 15) is 4.79 Å². The van der Waals surface area contributed by atoms with Crippen molar-refractivity contribution in [3.05, 3.63) is 29.8 Å². The normalized spacial score (nSPS) is 11.0. The topological polar surface area (TPSA) is 74.2 Å². The Morgan fingerprint density at radius 2 is 1.46 bits per heavy atom. The fraction of sp³-hybridized carbons (Fsp3) is 0.632. The second-order valence-corrected chi connectivity index (χ2v) is 8.45. The summed E-state index contributed by atoms with van der Waals surface area (Å²) < 4.78 is 23.1. The van der Waals surface area contributed by atoms with Crippen LogP contribution in [0.25, 0.3) is 0 Å². The van der Waals surface area contributed by atoms with Crippen molar-refractivity contribution in [2.24, 2.45) is 0 Å². The molecule has 0 saturated heterocycles. The standard InChI is InChI=1S/C16H26O5Si.C3H8O/c1-4-19-22(20-5-2,21-6-3)13-7-12-18-16-10-8-15(14-17)9-11-16;1-3(2)4/h8-11,14H,4-7,12-13H2,1-3H3;3-4H,1-2H3. The molecule has 0 unspecified atom stereocenters. The summed E-state index contributed by atoms with van der Waals surface area (Å²) in [6.07, 6.45) is 1.44. The molecule has 0 heterocycles. The Morgan fingerprint density at radius 3 is 1.85 bits per heavy atom. The van der Waals surface area contributed by atoms with Crippen molar-refractivity contribution < 1.29 is 27.9 Å². The number of rotatable bonds is 12. The van der Waals surface area contributed by atoms with E-state index < -0.39 is 8.80 Å². The van der Waals surface area contributed by atoms with Gasteiger partial charge in [-0.05, 0) is 65.3 Å². The van der Waals surface area contributed by atoms with Crippen molar-refractivity contribution >= 4 is 15.1 Å². The summed E-state index contributed by atoms with van der Waals surface area (Å²) in [6.45, 7) is 11.6. The van der Waals surface area contributed by atoms with Crippen molar-refractivity contribution in [1.29, 1.82) is 0 Å². The molecular weight excluding hydrogens is 352 g/mol. The quantitative estimate of drug-likeness (QED) is 0.335. The average Bonchev–Trinajstić information content (AvgIpc) is 2.59. The summed E-state index contributed by atoms with van der Waals surface area (Å²) in [5, 5.41) is 8.06. The van der Waals surface area contributed by atoms with Crippen molar-refractivity contribution in [1.82, 2.24) is 0 Å². The number of aliphatic hydroxyl groups excluding tert-OH is 1. The Hall–Kier alpha value is -1.25. The van der Waals surface area contributed by atoms with Crippen LogP contribution in [0, 0.1) is 0 Å². The van der Waals surface area contributed by atoms with Crippen LogP contribution in [-0.2, 0) is 13.3 Å². The molecule has 0 aliphatic rings. The molecule has 0 radical (unpaired) electrons. The second kappa shape index (κ2) is 14.9. The van der Waals surface area contributed by atoms with Gasteiger partial charge in [0.15, 0.2) is 0 Å². The number of aliphatic hydroxyl groups is 1. The number of carbonyl (C=O) groups excluding carboxylic acids is 1. The van der Waals surface area contributed by atoms with Crippen molar-refractivity contribution in [3.8, 4) is 5.75 Å². The van der Waals surface area contributed by atoms with Crippen LogP contribution in [0.4, 0.5) is 0 Å². The third-order valence-electron chi connectivity index (χ3n) is 3.00. The third-order valence-corrected chi connectivity index (χ3v) is 6.16. The van der Waals surface area contributed by atoms with Crippen LogP contribution in [-0.4, -0.2) is 52.7 Å². The molecular formula is C19H34O6Si. The number of carbonyl (C=O) groups is 1. The van der Waals surface area contributed by atoms with Gasteiger partial charge in [0.25, 0.3) is 0 Å². The van der Waals surface area contributed by atoms with Gasteiger partial charge in [-0.25, -0.2) is 0 Å². The largest absolute Gasteiger partial charge is 0.501 e. The van der Waals surface area contributed by atoms with E-state index in [0.29, 0.717) is 32.0 Å². The van der Waals surface area contributed by atoms with Gasteiger partial charge in [-0.1, -0.05) is 0 Å². The van der Waals surface area contributed by atoms with Crippen LogP contribution in [0.3, 0.4) is 0 Å². The fourth-order valence-electron chi connectivity index (χ4n) is 2.12. The molecule has 150 valence electrons. The van der Waals surface area contributed by atoms with Gasteiger partial charge in [-0.3, -0.25) is 4.79 Å². The highest BCUT2D eigenvalue weighted by Gasteiger charge is 2.39. The van der Waals surface area contributed by atoms with Gasteiger partial charge in [-0.15, -0.1) is 0 Å². The van der Waals surface area contributed by atoms with Crippen LogP contribution in [0.5, 0.6) is 5.75 Å². The molecule has 0 bridgehead atoms. The number of hydrogen-bond donors (Lipinski definition) is 1. The summed E-state index contributed by atoms with van der Waals surface area (Å²) in [5.74, 6) is 0.752. The zero-order chi connectivity index (χ0) is 19.8. The van der Waals surface area contributed by atoms with Crippen molar-refractivity contribution in [2.75, 3.05) is 26.4 Å². The van der Waals surface area contributed by atoms with Gasteiger partial charge in [0.2, 0.25) is 0 Å². The molecule has 0 saturated carbocycles. The number of ether oxygens (including phenoxy) is 1. The van der Waals surface area contributed by atoms with E-state index in [4.69, 9.17) is 23.1 Å². The summed E-state index contributed by atoms with van der Waals surface area (Å²) in [7, 11) is -2.57. The molecule has 0 spiro atoms. The predicted molar refractivity (Wildman–Crippen MR) is 105 cm³/mol. The number of hydrogen-bond acceptors (Lipinski definition) is 6. The van der Waals surface area contributed by atoms with Crippen LogP contribution in [0.15, 0.2) is 24.3 Å². The highest BCUT2D eigenvalue weighted by molar-refractivity contribution is 6.60. The first kappa shape index (κ1) is 24.7. The zero-order valence-corrected chi connectivity index (χ0v) is 17.7. The summed E-state index contributed by atoms with van der Waals surface area (Å²) >= 11 is 0. The highest BCUT2D eigenvalue weighted by atomic mass is 28.4. The summed E-state index contributed by atoms with van der Waals surface area (Å²) in [4.78, 5) is 10.6. The first-order chi connectivity index (χ1) is 12.4. The summed E-state index contributed by atoms with van der Waals surface area (Å²) in [5.41, 5.74) is 0.641. The van der Waals surface area contributed by atoms with Crippen LogP contribution >= 0.6 is 0 Å². The molecule has 0 aliphatic carbocycles. The molecule has 1 rings (SSSR count). The Morgan fingerprint density at radius 1 is 1.00 bits per heavy atom. The van der Waals surface area contributed by atoms with Gasteiger partial charge in [-0.2, -0.15) is 0 Å². The lowest BCUT2D eigenvalue weighted by Crippen LogP contribution is -2.46. The molecule has 7 heteroatoms. The highest BCUT2D eigenvalue weighted by Crippen LogP contribution is 2.19. The monoisotopic (exact) mass is 386 g/mol. The number of benzene rings is 1. The van der Waals surface area contributed by atoms with Crippen molar-refractivity contribution in [3.63, 3.8) is 0 Å². The maximum Gasteiger partial charge on any atom is 0.501 e. The minimum Gasteiger partial charge on any atom is -0.494 e. The van der Waals surface area contributed by atoms with E-state index in [2.05, 4.69) is 0 Å². The molecule has 0 aromatic heterocycles. The van der Waals surface area contributed by atoms with E-state index in [-0.39, 0.29) is 6.10 Å². The Kier molecular flexibility index (Phi) is 14.2. The van der Waals surface area contributed by atoms with E-state index in [0.717, 1.165) is 24.5 Å². The van der Waals surface area contributed by atoms with Gasteiger partial charge in [0, 0.05) is 37.5 Å². The lowest BCUT2D eigenvalue weighted by atomic mass is 10.2. The average molecular weight is 387 g/mol. The van der Waals surface area contributed by atoms with Gasteiger partial charge in [0.05, 0.1) is 6.61 Å². The van der Waals surface area contributed by atoms with Crippen molar-refractivity contribution in [2.45, 2.75) is 53.2 Å². The molecule has 0 atom stereocenters. The SMILES string of the molecule is CC(C)O.CCO[Si](CCCOc1ccc(C=O)cc1)(OCC)OCC.